The first-order chi connectivity index (χ1) is 9.97. The zero-order valence-corrected chi connectivity index (χ0v) is 12.4. The van der Waals surface area contributed by atoms with Gasteiger partial charge in [0, 0.05) is 24.8 Å². The number of carbonyl (C=O) groups is 2. The molecular weight excluding hydrogens is 270 g/mol. The maximum absolute atomic E-state index is 12.2. The molecule has 1 aliphatic rings. The average molecular weight is 291 g/mol. The lowest BCUT2D eigenvalue weighted by atomic mass is 10.0. The molecule has 0 bridgehead atoms. The Morgan fingerprint density at radius 2 is 2.00 bits per heavy atom. The fourth-order valence-corrected chi connectivity index (χ4v) is 2.48. The molecule has 0 radical (unpaired) electrons. The van der Waals surface area contributed by atoms with Gasteiger partial charge in [0.15, 0.2) is 0 Å². The van der Waals surface area contributed by atoms with Crippen molar-refractivity contribution in [3.63, 3.8) is 0 Å². The van der Waals surface area contributed by atoms with Crippen LogP contribution in [-0.2, 0) is 9.59 Å². The van der Waals surface area contributed by atoms with E-state index in [9.17, 15) is 14.7 Å². The molecule has 1 heterocycles. The highest BCUT2D eigenvalue weighted by Gasteiger charge is 2.27. The van der Waals surface area contributed by atoms with Crippen molar-refractivity contribution < 1.29 is 14.7 Å². The number of rotatable bonds is 2. The fourth-order valence-electron chi connectivity index (χ4n) is 2.48. The minimum atomic E-state index is -0.679. The number of phenolic OH excluding ortho intramolecular Hbond substituents is 1. The fraction of sp³-hybridized carbons (Fsp3) is 0.467. The molecule has 1 aromatic carbocycles. The van der Waals surface area contributed by atoms with E-state index in [1.54, 1.807) is 19.2 Å². The van der Waals surface area contributed by atoms with E-state index in [4.69, 9.17) is 0 Å². The summed E-state index contributed by atoms with van der Waals surface area (Å²) in [6.45, 7) is 1.85. The standard InChI is InChI=1S/C15H21N3O3/c1-17-8-6-12(7-9-17)18(2)15(21)14(20)16-11-4-3-5-13(19)10-11/h3-5,10,12,19H,6-9H2,1-2H3,(H,16,20). The quantitative estimate of drug-likeness (QED) is 0.794. The van der Waals surface area contributed by atoms with Gasteiger partial charge in [0.1, 0.15) is 5.75 Å². The monoisotopic (exact) mass is 291 g/mol. The minimum Gasteiger partial charge on any atom is -0.508 e. The van der Waals surface area contributed by atoms with E-state index in [-0.39, 0.29) is 11.8 Å². The smallest absolute Gasteiger partial charge is 0.313 e. The molecule has 21 heavy (non-hydrogen) atoms. The zero-order valence-electron chi connectivity index (χ0n) is 12.4. The summed E-state index contributed by atoms with van der Waals surface area (Å²) in [5, 5.41) is 11.9. The lowest BCUT2D eigenvalue weighted by molar-refractivity contribution is -0.144. The number of amides is 2. The molecule has 6 nitrogen and oxygen atoms in total. The van der Waals surface area contributed by atoms with Crippen molar-refractivity contribution in [2.75, 3.05) is 32.5 Å². The van der Waals surface area contributed by atoms with Gasteiger partial charge in [-0.15, -0.1) is 0 Å². The van der Waals surface area contributed by atoms with E-state index in [2.05, 4.69) is 10.2 Å². The number of nitrogens with zero attached hydrogens (tertiary/aromatic N) is 2. The van der Waals surface area contributed by atoms with Gasteiger partial charge in [0.2, 0.25) is 0 Å². The summed E-state index contributed by atoms with van der Waals surface area (Å²) >= 11 is 0. The molecule has 1 saturated heterocycles. The Labute approximate surface area is 124 Å². The van der Waals surface area contributed by atoms with Gasteiger partial charge in [0.05, 0.1) is 0 Å². The summed E-state index contributed by atoms with van der Waals surface area (Å²) in [7, 11) is 3.72. The molecular formula is C15H21N3O3. The normalized spacial score (nSPS) is 16.5. The summed E-state index contributed by atoms with van der Waals surface area (Å²) in [6, 6.07) is 6.24. The largest absolute Gasteiger partial charge is 0.508 e. The van der Waals surface area contributed by atoms with Gasteiger partial charge in [-0.3, -0.25) is 9.59 Å². The lowest BCUT2D eigenvalue weighted by Crippen LogP contribution is -2.47. The first-order valence-corrected chi connectivity index (χ1v) is 7.03. The summed E-state index contributed by atoms with van der Waals surface area (Å²) in [6.07, 6.45) is 1.75. The highest BCUT2D eigenvalue weighted by Crippen LogP contribution is 2.17. The second-order valence-corrected chi connectivity index (χ2v) is 5.45. The Morgan fingerprint density at radius 1 is 1.33 bits per heavy atom. The number of phenols is 1. The number of piperidine rings is 1. The van der Waals surface area contributed by atoms with Crippen molar-refractivity contribution in [1.82, 2.24) is 9.80 Å². The number of aromatic hydroxyl groups is 1. The van der Waals surface area contributed by atoms with Gasteiger partial charge in [-0.25, -0.2) is 0 Å². The highest BCUT2D eigenvalue weighted by molar-refractivity contribution is 6.39. The summed E-state index contributed by atoms with van der Waals surface area (Å²) < 4.78 is 0. The van der Waals surface area contributed by atoms with Gasteiger partial charge < -0.3 is 20.2 Å². The van der Waals surface area contributed by atoms with Crippen LogP contribution in [0.25, 0.3) is 0 Å². The molecule has 2 N–H and O–H groups in total. The molecule has 2 amide bonds. The number of carbonyl (C=O) groups excluding carboxylic acids is 2. The van der Waals surface area contributed by atoms with E-state index in [0.29, 0.717) is 5.69 Å². The topological polar surface area (TPSA) is 72.9 Å². The van der Waals surface area contributed by atoms with Crippen LogP contribution in [0.4, 0.5) is 5.69 Å². The summed E-state index contributed by atoms with van der Waals surface area (Å²) in [5.41, 5.74) is 0.408. The number of anilines is 1. The van der Waals surface area contributed by atoms with Gasteiger partial charge in [-0.1, -0.05) is 6.07 Å². The van der Waals surface area contributed by atoms with E-state index >= 15 is 0 Å². The zero-order chi connectivity index (χ0) is 15.4. The Balaban J connectivity index is 1.94. The van der Waals surface area contributed by atoms with Gasteiger partial charge in [0.25, 0.3) is 0 Å². The van der Waals surface area contributed by atoms with Crippen LogP contribution in [0, 0.1) is 0 Å². The molecule has 1 aliphatic heterocycles. The molecule has 0 saturated carbocycles. The van der Waals surface area contributed by atoms with Gasteiger partial charge in [-0.05, 0) is 45.1 Å². The second-order valence-electron chi connectivity index (χ2n) is 5.45. The van der Waals surface area contributed by atoms with E-state index in [1.165, 1.54) is 17.0 Å². The third kappa shape index (κ3) is 3.95. The van der Waals surface area contributed by atoms with Crippen LogP contribution >= 0.6 is 0 Å². The molecule has 114 valence electrons. The van der Waals surface area contributed by atoms with Crippen molar-refractivity contribution in [3.8, 4) is 5.75 Å². The second kappa shape index (κ2) is 6.58. The number of nitrogens with one attached hydrogen (secondary N) is 1. The Morgan fingerprint density at radius 3 is 2.62 bits per heavy atom. The first-order valence-electron chi connectivity index (χ1n) is 7.03. The maximum Gasteiger partial charge on any atom is 0.313 e. The van der Waals surface area contributed by atoms with Crippen molar-refractivity contribution >= 4 is 17.5 Å². The number of hydrogen-bond donors (Lipinski definition) is 2. The van der Waals surface area contributed by atoms with E-state index < -0.39 is 11.8 Å². The van der Waals surface area contributed by atoms with Crippen molar-refractivity contribution in [2.24, 2.45) is 0 Å². The van der Waals surface area contributed by atoms with Crippen LogP contribution < -0.4 is 5.32 Å². The maximum atomic E-state index is 12.2. The van der Waals surface area contributed by atoms with Crippen LogP contribution in [0.2, 0.25) is 0 Å². The van der Waals surface area contributed by atoms with Crippen LogP contribution in [0.3, 0.4) is 0 Å². The van der Waals surface area contributed by atoms with Crippen LogP contribution in [-0.4, -0.2) is 59.9 Å². The molecule has 2 rings (SSSR count). The number of benzene rings is 1. The summed E-state index contributed by atoms with van der Waals surface area (Å²) in [5.74, 6) is -1.18. The van der Waals surface area contributed by atoms with Crippen molar-refractivity contribution in [3.05, 3.63) is 24.3 Å². The van der Waals surface area contributed by atoms with E-state index in [1.807, 2.05) is 7.05 Å². The molecule has 6 heteroatoms. The molecule has 0 spiro atoms. The van der Waals surface area contributed by atoms with Crippen molar-refractivity contribution in [2.45, 2.75) is 18.9 Å². The van der Waals surface area contributed by atoms with E-state index in [0.717, 1.165) is 25.9 Å². The highest BCUT2D eigenvalue weighted by atomic mass is 16.3. The molecule has 0 unspecified atom stereocenters. The minimum absolute atomic E-state index is 0.0453. The number of likely N-dealkylation sites (tertiary alicyclic amines) is 1. The predicted octanol–water partition coefficient (Wildman–Crippen LogP) is 0.883. The van der Waals surface area contributed by atoms with Gasteiger partial charge >= 0.3 is 11.8 Å². The molecule has 1 aromatic rings. The third-order valence-corrected chi connectivity index (χ3v) is 3.85. The van der Waals surface area contributed by atoms with Crippen LogP contribution in [0.15, 0.2) is 24.3 Å². The molecule has 0 atom stereocenters. The number of likely N-dealkylation sites (N-methyl/N-ethyl adjacent to an activating group) is 1. The first kappa shape index (κ1) is 15.3. The molecule has 0 aliphatic carbocycles. The molecule has 0 aromatic heterocycles. The van der Waals surface area contributed by atoms with Gasteiger partial charge in [-0.2, -0.15) is 0 Å². The predicted molar refractivity (Wildman–Crippen MR) is 80.0 cm³/mol. The average Bonchev–Trinajstić information content (AvgIpc) is 2.46. The molecule has 1 fully saturated rings. The summed E-state index contributed by atoms with van der Waals surface area (Å²) in [4.78, 5) is 27.9. The SMILES string of the molecule is CN1CCC(N(C)C(=O)C(=O)Nc2cccc(O)c2)CC1. The van der Waals surface area contributed by atoms with Crippen LogP contribution in [0.1, 0.15) is 12.8 Å². The lowest BCUT2D eigenvalue weighted by Gasteiger charge is -2.34. The Bertz CT molecular complexity index is 525. The Kier molecular flexibility index (Phi) is 4.80. The van der Waals surface area contributed by atoms with Crippen LogP contribution in [0.5, 0.6) is 5.75 Å². The van der Waals surface area contributed by atoms with Crippen molar-refractivity contribution in [1.29, 1.82) is 0 Å². The number of hydrogen-bond acceptors (Lipinski definition) is 4. The Hall–Kier alpha value is -2.08. The third-order valence-electron chi connectivity index (χ3n) is 3.85.